The van der Waals surface area contributed by atoms with Gasteiger partial charge in [0.2, 0.25) is 17.7 Å². The third-order valence-corrected chi connectivity index (χ3v) is 5.58. The third-order valence-electron chi connectivity index (χ3n) is 5.58. The topological polar surface area (TPSA) is 162 Å². The Morgan fingerprint density at radius 3 is 2.31 bits per heavy atom. The molecule has 1 heterocycles. The van der Waals surface area contributed by atoms with E-state index in [0.29, 0.717) is 24.9 Å². The van der Waals surface area contributed by atoms with Crippen molar-refractivity contribution in [2.45, 2.75) is 64.2 Å². The van der Waals surface area contributed by atoms with Crippen LogP contribution in [-0.4, -0.2) is 69.5 Å². The zero-order valence-electron chi connectivity index (χ0n) is 18.6. The Morgan fingerprint density at radius 1 is 1.12 bits per heavy atom. The summed E-state index contributed by atoms with van der Waals surface area (Å²) in [6.45, 7) is 5.54. The molecule has 1 aliphatic rings. The van der Waals surface area contributed by atoms with Crippen LogP contribution in [-0.2, 0) is 25.6 Å². The zero-order chi connectivity index (χ0) is 24.0. The van der Waals surface area contributed by atoms with E-state index in [0.717, 1.165) is 0 Å². The van der Waals surface area contributed by atoms with Gasteiger partial charge in [-0.2, -0.15) is 0 Å². The Hall–Kier alpha value is -3.14. The standard InChI is InChI=1S/C22H32N4O6/c1-12(2)18(23)21(30)26-10-4-5-17(26)20(29)24-13(3)19(28)25-16(22(31)32)11-14-6-8-15(27)9-7-14/h6-9,12-13,16-18,27H,4-5,10-11,23H2,1-3H3,(H,24,29)(H,25,28)(H,31,32). The lowest BCUT2D eigenvalue weighted by Gasteiger charge is -2.29. The smallest absolute Gasteiger partial charge is 0.326 e. The van der Waals surface area contributed by atoms with Gasteiger partial charge < -0.3 is 31.5 Å². The molecule has 176 valence electrons. The lowest BCUT2D eigenvalue weighted by Crippen LogP contribution is -2.56. The van der Waals surface area contributed by atoms with E-state index in [2.05, 4.69) is 10.6 Å². The lowest BCUT2D eigenvalue weighted by molar-refractivity contribution is -0.143. The van der Waals surface area contributed by atoms with Crippen LogP contribution in [0.2, 0.25) is 0 Å². The van der Waals surface area contributed by atoms with Gasteiger partial charge in [0.1, 0.15) is 23.9 Å². The first kappa shape index (κ1) is 25.1. The van der Waals surface area contributed by atoms with E-state index < -0.39 is 42.0 Å². The fraction of sp³-hybridized carbons (Fsp3) is 0.545. The Balaban J connectivity index is 1.97. The van der Waals surface area contributed by atoms with Crippen molar-refractivity contribution in [3.63, 3.8) is 0 Å². The summed E-state index contributed by atoms with van der Waals surface area (Å²) in [7, 11) is 0. The van der Waals surface area contributed by atoms with Crippen LogP contribution in [0.4, 0.5) is 0 Å². The maximum atomic E-state index is 12.7. The van der Waals surface area contributed by atoms with Crippen LogP contribution in [0.3, 0.4) is 0 Å². The summed E-state index contributed by atoms with van der Waals surface area (Å²) < 4.78 is 0. The second-order valence-corrected chi connectivity index (χ2v) is 8.46. The highest BCUT2D eigenvalue weighted by molar-refractivity contribution is 5.94. The molecule has 0 spiro atoms. The predicted molar refractivity (Wildman–Crippen MR) is 117 cm³/mol. The van der Waals surface area contributed by atoms with E-state index >= 15 is 0 Å². The highest BCUT2D eigenvalue weighted by Crippen LogP contribution is 2.20. The van der Waals surface area contributed by atoms with Crippen molar-refractivity contribution in [2.24, 2.45) is 11.7 Å². The van der Waals surface area contributed by atoms with Crippen molar-refractivity contribution in [2.75, 3.05) is 6.54 Å². The minimum absolute atomic E-state index is 0.0139. The second-order valence-electron chi connectivity index (χ2n) is 8.46. The number of nitrogens with zero attached hydrogens (tertiary/aromatic N) is 1. The first-order chi connectivity index (χ1) is 15.0. The van der Waals surface area contributed by atoms with Crippen molar-refractivity contribution in [3.05, 3.63) is 29.8 Å². The van der Waals surface area contributed by atoms with E-state index in [-0.39, 0.29) is 24.0 Å². The summed E-state index contributed by atoms with van der Waals surface area (Å²) in [5.41, 5.74) is 6.57. The van der Waals surface area contributed by atoms with Crippen LogP contribution in [0.5, 0.6) is 5.75 Å². The van der Waals surface area contributed by atoms with E-state index in [1.807, 2.05) is 13.8 Å². The molecule has 1 saturated heterocycles. The monoisotopic (exact) mass is 448 g/mol. The molecule has 2 rings (SSSR count). The van der Waals surface area contributed by atoms with Gasteiger partial charge in [0.25, 0.3) is 0 Å². The molecule has 0 saturated carbocycles. The van der Waals surface area contributed by atoms with Crippen molar-refractivity contribution in [3.8, 4) is 5.75 Å². The molecule has 4 unspecified atom stereocenters. The number of carbonyl (C=O) groups is 4. The van der Waals surface area contributed by atoms with Crippen LogP contribution in [0.15, 0.2) is 24.3 Å². The van der Waals surface area contributed by atoms with Crippen molar-refractivity contribution in [1.29, 1.82) is 0 Å². The van der Waals surface area contributed by atoms with Crippen LogP contribution in [0, 0.1) is 5.92 Å². The highest BCUT2D eigenvalue weighted by Gasteiger charge is 2.37. The van der Waals surface area contributed by atoms with Gasteiger partial charge in [-0.1, -0.05) is 26.0 Å². The molecule has 1 fully saturated rings. The number of aromatic hydroxyl groups is 1. The molecule has 10 nitrogen and oxygen atoms in total. The molecule has 1 aliphatic heterocycles. The number of aliphatic carboxylic acids is 1. The Morgan fingerprint density at radius 2 is 1.75 bits per heavy atom. The molecule has 6 N–H and O–H groups in total. The average molecular weight is 449 g/mol. The number of nitrogens with one attached hydrogen (secondary N) is 2. The maximum absolute atomic E-state index is 12.7. The van der Waals surface area contributed by atoms with E-state index in [4.69, 9.17) is 5.73 Å². The molecule has 1 aromatic rings. The van der Waals surface area contributed by atoms with Gasteiger partial charge in [-0.3, -0.25) is 14.4 Å². The summed E-state index contributed by atoms with van der Waals surface area (Å²) >= 11 is 0. The summed E-state index contributed by atoms with van der Waals surface area (Å²) in [5.74, 6) is -2.67. The lowest BCUT2D eigenvalue weighted by atomic mass is 10.0. The van der Waals surface area contributed by atoms with Crippen molar-refractivity contribution in [1.82, 2.24) is 15.5 Å². The minimum Gasteiger partial charge on any atom is -0.508 e. The van der Waals surface area contributed by atoms with Crippen LogP contribution < -0.4 is 16.4 Å². The largest absolute Gasteiger partial charge is 0.508 e. The number of likely N-dealkylation sites (tertiary alicyclic amines) is 1. The summed E-state index contributed by atoms with van der Waals surface area (Å²) in [4.78, 5) is 50.9. The second kappa shape index (κ2) is 10.9. The third kappa shape index (κ3) is 6.43. The van der Waals surface area contributed by atoms with E-state index in [9.17, 15) is 29.4 Å². The number of carboxylic acid groups (broad SMARTS) is 1. The molecule has 1 aromatic carbocycles. The van der Waals surface area contributed by atoms with Gasteiger partial charge in [-0.05, 0) is 43.4 Å². The van der Waals surface area contributed by atoms with Gasteiger partial charge in [-0.15, -0.1) is 0 Å². The number of benzene rings is 1. The fourth-order valence-corrected chi connectivity index (χ4v) is 3.52. The molecule has 0 radical (unpaired) electrons. The Kier molecular flexibility index (Phi) is 8.59. The molecule has 0 aromatic heterocycles. The van der Waals surface area contributed by atoms with Gasteiger partial charge >= 0.3 is 5.97 Å². The SMILES string of the molecule is CC(NC(=O)C1CCCN1C(=O)C(N)C(C)C)C(=O)NC(Cc1ccc(O)cc1)C(=O)O. The highest BCUT2D eigenvalue weighted by atomic mass is 16.4. The predicted octanol–water partition coefficient (Wildman–Crippen LogP) is -0.0169. The number of phenols is 1. The molecule has 0 aliphatic carbocycles. The number of carbonyl (C=O) groups excluding carboxylic acids is 3. The molecule has 4 atom stereocenters. The van der Waals surface area contributed by atoms with Gasteiger partial charge in [0.15, 0.2) is 0 Å². The number of nitrogens with two attached hydrogens (primary N) is 1. The molecule has 32 heavy (non-hydrogen) atoms. The van der Waals surface area contributed by atoms with E-state index in [1.54, 1.807) is 12.1 Å². The molecule has 0 bridgehead atoms. The number of phenolic OH excluding ortho intramolecular Hbond substituents is 1. The van der Waals surface area contributed by atoms with Crippen LogP contribution in [0.25, 0.3) is 0 Å². The number of hydrogen-bond donors (Lipinski definition) is 5. The van der Waals surface area contributed by atoms with Crippen LogP contribution in [0.1, 0.15) is 39.2 Å². The number of hydrogen-bond acceptors (Lipinski definition) is 6. The van der Waals surface area contributed by atoms with Crippen molar-refractivity contribution < 1.29 is 29.4 Å². The number of amides is 3. The zero-order valence-corrected chi connectivity index (χ0v) is 18.6. The molecular weight excluding hydrogens is 416 g/mol. The van der Waals surface area contributed by atoms with Gasteiger partial charge in [0.05, 0.1) is 6.04 Å². The Bertz CT molecular complexity index is 841. The molecular formula is C22H32N4O6. The summed E-state index contributed by atoms with van der Waals surface area (Å²) in [5, 5.41) is 23.8. The summed E-state index contributed by atoms with van der Waals surface area (Å²) in [6.07, 6.45) is 1.14. The van der Waals surface area contributed by atoms with E-state index in [1.165, 1.54) is 24.0 Å². The summed E-state index contributed by atoms with van der Waals surface area (Å²) in [6, 6.07) is 2.36. The van der Waals surface area contributed by atoms with Crippen molar-refractivity contribution >= 4 is 23.7 Å². The quantitative estimate of drug-likeness (QED) is 0.355. The van der Waals surface area contributed by atoms with Gasteiger partial charge in [-0.25, -0.2) is 4.79 Å². The Labute approximate surface area is 187 Å². The molecule has 10 heteroatoms. The van der Waals surface area contributed by atoms with Crippen LogP contribution >= 0.6 is 0 Å². The fourth-order valence-electron chi connectivity index (χ4n) is 3.52. The minimum atomic E-state index is -1.22. The first-order valence-electron chi connectivity index (χ1n) is 10.7. The number of carboxylic acids is 1. The average Bonchev–Trinajstić information content (AvgIpc) is 3.23. The normalized spacial score (nSPS) is 18.7. The van der Waals surface area contributed by atoms with Gasteiger partial charge in [0, 0.05) is 13.0 Å². The first-order valence-corrected chi connectivity index (χ1v) is 10.7. The maximum Gasteiger partial charge on any atom is 0.326 e. The molecule has 3 amide bonds. The number of rotatable bonds is 9.